The highest BCUT2D eigenvalue weighted by Crippen LogP contribution is 2.64. The molecule has 0 radical (unpaired) electrons. The number of nitrogens with zero attached hydrogens (tertiary/aromatic N) is 2. The van der Waals surface area contributed by atoms with Crippen molar-refractivity contribution in [2.75, 3.05) is 0 Å². The van der Waals surface area contributed by atoms with Gasteiger partial charge >= 0.3 is 0 Å². The van der Waals surface area contributed by atoms with Crippen LogP contribution in [0.2, 0.25) is 0 Å². The molecule has 2 atom stereocenters. The fraction of sp³-hybridized carbons (Fsp3) is 0.284. The second-order valence-electron chi connectivity index (χ2n) is 20.4. The number of rotatable bonds is 18. The van der Waals surface area contributed by atoms with E-state index in [0.717, 1.165) is 12.8 Å². The standard InChI is InChI=1S/C67H68N2/c1-5-7-9-11-19-31-59(49-37-41-65-57(45-49)55-29-21-23-33-63(55)68(65)51-25-15-13-16-26-51)67(61-43-47(3)35-39-53(61)54-40-36-48(4)44-62(54)67)60(32-20-12-10-8-6-2)50-38-42-66-58(46-50)56-30-22-24-34-64(56)69(66)52-27-17-14-18-28-52/h13-18,21-30,33-46,59-60H,5-12,19-20,31-32H2,1-4H3. The minimum Gasteiger partial charge on any atom is -0.309 e. The van der Waals surface area contributed by atoms with E-state index in [1.807, 2.05) is 0 Å². The van der Waals surface area contributed by atoms with E-state index in [1.165, 1.54) is 164 Å². The van der Waals surface area contributed by atoms with E-state index in [0.29, 0.717) is 0 Å². The van der Waals surface area contributed by atoms with Crippen LogP contribution < -0.4 is 0 Å². The maximum atomic E-state index is 2.65. The van der Waals surface area contributed by atoms with Crippen LogP contribution in [0.1, 0.15) is 136 Å². The molecule has 0 bridgehead atoms. The average molecular weight is 901 g/mol. The van der Waals surface area contributed by atoms with Crippen LogP contribution in [0.15, 0.2) is 182 Å². The molecule has 0 saturated carbocycles. The van der Waals surface area contributed by atoms with Crippen molar-refractivity contribution in [1.82, 2.24) is 9.13 Å². The molecule has 2 nitrogen and oxygen atoms in total. The fourth-order valence-electron chi connectivity index (χ4n) is 13.0. The summed E-state index contributed by atoms with van der Waals surface area (Å²) in [7, 11) is 0. The van der Waals surface area contributed by atoms with Gasteiger partial charge in [-0.25, -0.2) is 0 Å². The Morgan fingerprint density at radius 2 is 0.754 bits per heavy atom. The molecule has 1 aliphatic rings. The average Bonchev–Trinajstić information content (AvgIpc) is 4.00. The van der Waals surface area contributed by atoms with Gasteiger partial charge in [0.25, 0.3) is 0 Å². The lowest BCUT2D eigenvalue weighted by atomic mass is 9.55. The van der Waals surface area contributed by atoms with Crippen LogP contribution >= 0.6 is 0 Å². The van der Waals surface area contributed by atoms with Crippen molar-refractivity contribution in [3.8, 4) is 22.5 Å². The van der Waals surface area contributed by atoms with E-state index < -0.39 is 0 Å². The number of fused-ring (bicyclic) bond motifs is 9. The van der Waals surface area contributed by atoms with E-state index in [2.05, 4.69) is 219 Å². The molecule has 0 fully saturated rings. The molecule has 2 heteroatoms. The van der Waals surface area contributed by atoms with Crippen molar-refractivity contribution in [3.63, 3.8) is 0 Å². The van der Waals surface area contributed by atoms with E-state index in [-0.39, 0.29) is 17.3 Å². The van der Waals surface area contributed by atoms with Gasteiger partial charge in [-0.15, -0.1) is 0 Å². The monoisotopic (exact) mass is 901 g/mol. The van der Waals surface area contributed by atoms with Gasteiger partial charge in [-0.2, -0.15) is 0 Å². The molecule has 10 aromatic rings. The minimum absolute atomic E-state index is 0.216. The van der Waals surface area contributed by atoms with Crippen molar-refractivity contribution in [1.29, 1.82) is 0 Å². The smallest absolute Gasteiger partial charge is 0.0541 e. The molecule has 0 N–H and O–H groups in total. The highest BCUT2D eigenvalue weighted by Gasteiger charge is 2.54. The third-order valence-corrected chi connectivity index (χ3v) is 16.1. The summed E-state index contributed by atoms with van der Waals surface area (Å²) in [6.45, 7) is 9.34. The first-order valence-corrected chi connectivity index (χ1v) is 26.4. The molecule has 2 aromatic heterocycles. The molecule has 11 rings (SSSR count). The van der Waals surface area contributed by atoms with Crippen molar-refractivity contribution in [2.45, 2.75) is 122 Å². The Hall–Kier alpha value is -6.64. The first-order chi connectivity index (χ1) is 34.0. The lowest BCUT2D eigenvalue weighted by Crippen LogP contribution is -2.40. The van der Waals surface area contributed by atoms with Gasteiger partial charge < -0.3 is 9.13 Å². The largest absolute Gasteiger partial charge is 0.309 e. The maximum absolute atomic E-state index is 2.65. The molecule has 0 spiro atoms. The maximum Gasteiger partial charge on any atom is 0.0541 e. The van der Waals surface area contributed by atoms with Gasteiger partial charge in [-0.1, -0.05) is 211 Å². The second kappa shape index (κ2) is 19.4. The summed E-state index contributed by atoms with van der Waals surface area (Å²) in [4.78, 5) is 0. The Kier molecular flexibility index (Phi) is 12.6. The summed E-state index contributed by atoms with van der Waals surface area (Å²) in [5.74, 6) is 0.431. The Morgan fingerprint density at radius 3 is 1.19 bits per heavy atom. The minimum atomic E-state index is -0.338. The molecule has 346 valence electrons. The van der Waals surface area contributed by atoms with Gasteiger partial charge in [-0.05, 0) is 133 Å². The molecular weight excluding hydrogens is 833 g/mol. The number of para-hydroxylation sites is 4. The lowest BCUT2D eigenvalue weighted by Gasteiger charge is -2.47. The first kappa shape index (κ1) is 44.8. The Morgan fingerprint density at radius 1 is 0.362 bits per heavy atom. The van der Waals surface area contributed by atoms with E-state index in [1.54, 1.807) is 0 Å². The summed E-state index contributed by atoms with van der Waals surface area (Å²) in [5, 5.41) is 5.33. The van der Waals surface area contributed by atoms with Gasteiger partial charge in [0.05, 0.1) is 22.1 Å². The molecule has 8 aromatic carbocycles. The molecule has 69 heavy (non-hydrogen) atoms. The third kappa shape index (κ3) is 7.91. The predicted octanol–water partition coefficient (Wildman–Crippen LogP) is 19.1. The van der Waals surface area contributed by atoms with E-state index in [9.17, 15) is 0 Å². The topological polar surface area (TPSA) is 9.86 Å². The molecule has 0 aliphatic heterocycles. The number of hydrogen-bond acceptors (Lipinski definition) is 0. The van der Waals surface area contributed by atoms with Crippen molar-refractivity contribution in [3.05, 3.63) is 215 Å². The van der Waals surface area contributed by atoms with Crippen molar-refractivity contribution >= 4 is 43.6 Å². The van der Waals surface area contributed by atoms with Crippen LogP contribution in [0, 0.1) is 13.8 Å². The van der Waals surface area contributed by atoms with Gasteiger partial charge in [0.15, 0.2) is 0 Å². The molecule has 0 saturated heterocycles. The summed E-state index contributed by atoms with van der Waals surface area (Å²) in [6, 6.07) is 70.4. The van der Waals surface area contributed by atoms with Crippen LogP contribution in [0.5, 0.6) is 0 Å². The van der Waals surface area contributed by atoms with Crippen molar-refractivity contribution in [2.24, 2.45) is 0 Å². The summed E-state index contributed by atoms with van der Waals surface area (Å²) < 4.78 is 4.97. The molecule has 0 amide bonds. The van der Waals surface area contributed by atoms with Crippen molar-refractivity contribution < 1.29 is 0 Å². The zero-order chi connectivity index (χ0) is 46.9. The second-order valence-corrected chi connectivity index (χ2v) is 20.4. The molecular formula is C67H68N2. The Balaban J connectivity index is 1.21. The predicted molar refractivity (Wildman–Crippen MR) is 296 cm³/mol. The number of benzene rings is 8. The zero-order valence-electron chi connectivity index (χ0n) is 41.4. The number of aromatic nitrogens is 2. The quantitative estimate of drug-likeness (QED) is 0.0760. The molecule has 1 aliphatic carbocycles. The van der Waals surface area contributed by atoms with Crippen LogP contribution in [0.3, 0.4) is 0 Å². The van der Waals surface area contributed by atoms with E-state index in [4.69, 9.17) is 0 Å². The van der Waals surface area contributed by atoms with Gasteiger partial charge in [0.1, 0.15) is 0 Å². The summed E-state index contributed by atoms with van der Waals surface area (Å²) >= 11 is 0. The van der Waals surface area contributed by atoms with Crippen LogP contribution in [-0.2, 0) is 5.41 Å². The number of hydrogen-bond donors (Lipinski definition) is 0. The molecule has 2 heterocycles. The number of aryl methyl sites for hydroxylation is 2. The van der Waals surface area contributed by atoms with Crippen LogP contribution in [0.25, 0.3) is 66.1 Å². The SMILES string of the molecule is CCCCCCCC(c1ccc2c(c1)c1ccccc1n2-c1ccccc1)C1(C(CCCCCCC)c2ccc3c(c2)c2ccccc2n3-c2ccccc2)c2cc(C)ccc2-c2ccc(C)cc21. The molecule has 2 unspecified atom stereocenters. The van der Waals surface area contributed by atoms with Gasteiger partial charge in [0, 0.05) is 38.3 Å². The highest BCUT2D eigenvalue weighted by molar-refractivity contribution is 6.10. The van der Waals surface area contributed by atoms with E-state index >= 15 is 0 Å². The number of unbranched alkanes of at least 4 members (excludes halogenated alkanes) is 8. The Bertz CT molecular complexity index is 3170. The zero-order valence-corrected chi connectivity index (χ0v) is 41.4. The van der Waals surface area contributed by atoms with Crippen LogP contribution in [0.4, 0.5) is 0 Å². The normalized spacial score (nSPS) is 13.9. The Labute approximate surface area is 410 Å². The fourth-order valence-corrected chi connectivity index (χ4v) is 13.0. The summed E-state index contributed by atoms with van der Waals surface area (Å²) in [6.07, 6.45) is 14.8. The highest BCUT2D eigenvalue weighted by atomic mass is 15.0. The van der Waals surface area contributed by atoms with Gasteiger partial charge in [-0.3, -0.25) is 0 Å². The first-order valence-electron chi connectivity index (χ1n) is 26.4. The lowest BCUT2D eigenvalue weighted by molar-refractivity contribution is 0.301. The van der Waals surface area contributed by atoms with Gasteiger partial charge in [0.2, 0.25) is 0 Å². The van der Waals surface area contributed by atoms with Crippen LogP contribution in [-0.4, -0.2) is 9.13 Å². The third-order valence-electron chi connectivity index (χ3n) is 16.1. The summed E-state index contributed by atoms with van der Waals surface area (Å²) in [5.41, 5.74) is 18.7.